The van der Waals surface area contributed by atoms with E-state index >= 15 is 0 Å². The van der Waals surface area contributed by atoms with Crippen LogP contribution >= 0.6 is 12.6 Å². The van der Waals surface area contributed by atoms with Crippen LogP contribution in [0.25, 0.3) is 0 Å². The van der Waals surface area contributed by atoms with E-state index in [0.29, 0.717) is 45.2 Å². The second kappa shape index (κ2) is 19.5. The predicted molar refractivity (Wildman–Crippen MR) is 169 cm³/mol. The van der Waals surface area contributed by atoms with Crippen LogP contribution in [0.1, 0.15) is 58.8 Å². The number of hydrogen-bond acceptors (Lipinski definition) is 9. The van der Waals surface area contributed by atoms with E-state index in [0.717, 1.165) is 0 Å². The van der Waals surface area contributed by atoms with Crippen LogP contribution in [0, 0.1) is 5.92 Å². The third-order valence-electron chi connectivity index (χ3n) is 6.78. The molecule has 1 aliphatic rings. The molecule has 0 aromatic rings. The van der Waals surface area contributed by atoms with Gasteiger partial charge in [-0.3, -0.25) is 34.0 Å². The third-order valence-corrected chi connectivity index (χ3v) is 7.30. The number of hydrogen-bond donors (Lipinski definition) is 10. The number of carbonyl (C=O) groups excluding carboxylic acids is 5. The van der Waals surface area contributed by atoms with Crippen molar-refractivity contribution in [1.29, 1.82) is 0 Å². The minimum Gasteiger partial charge on any atom is -0.382 e. The van der Waals surface area contributed by atoms with Crippen molar-refractivity contribution < 1.29 is 29.1 Å². The minimum absolute atomic E-state index is 0.0145. The average molecular weight is 644 g/mol. The summed E-state index contributed by atoms with van der Waals surface area (Å²) < 4.78 is 0. The minimum atomic E-state index is -1.96. The molecule has 1 fully saturated rings. The highest BCUT2D eigenvalue weighted by Gasteiger charge is 2.38. The van der Waals surface area contributed by atoms with Crippen molar-refractivity contribution in [2.75, 3.05) is 26.2 Å². The molecule has 250 valence electrons. The summed E-state index contributed by atoms with van der Waals surface area (Å²) in [7, 11) is 0. The summed E-state index contributed by atoms with van der Waals surface area (Å²) in [6.07, 6.45) is 0.883. The summed E-state index contributed by atoms with van der Waals surface area (Å²) in [6.45, 7) is 4.90. The summed E-state index contributed by atoms with van der Waals surface area (Å²) in [6, 6.07) is -2.93. The average Bonchev–Trinajstić information content (AvgIpc) is 3.44. The van der Waals surface area contributed by atoms with Crippen molar-refractivity contribution in [1.82, 2.24) is 20.9 Å². The Bertz CT molecular complexity index is 1050. The number of nitrogens with one attached hydrogen (secondary N) is 3. The molecule has 44 heavy (non-hydrogen) atoms. The van der Waals surface area contributed by atoms with Gasteiger partial charge in [0.2, 0.25) is 23.6 Å². The quantitative estimate of drug-likeness (QED) is 0.0285. The lowest BCUT2D eigenvalue weighted by Crippen LogP contribution is -2.57. The van der Waals surface area contributed by atoms with Crippen LogP contribution in [-0.4, -0.2) is 107 Å². The van der Waals surface area contributed by atoms with Crippen LogP contribution in [0.2, 0.25) is 0 Å². The van der Waals surface area contributed by atoms with Crippen molar-refractivity contribution in [2.24, 2.45) is 44.6 Å². The number of aliphatic imine (C=N–C) groups is 2. The summed E-state index contributed by atoms with van der Waals surface area (Å²) >= 11 is 4.14. The van der Waals surface area contributed by atoms with Gasteiger partial charge in [0.15, 0.2) is 18.0 Å². The summed E-state index contributed by atoms with van der Waals surface area (Å²) in [5.41, 5.74) is 26.7. The zero-order valence-electron chi connectivity index (χ0n) is 25.4. The van der Waals surface area contributed by atoms with Gasteiger partial charge < -0.3 is 54.6 Å². The molecule has 0 spiro atoms. The number of unbranched alkanes of at least 4 members (excludes halogenated alkanes) is 1. The monoisotopic (exact) mass is 643 g/mol. The lowest BCUT2D eigenvalue weighted by atomic mass is 10.0. The van der Waals surface area contributed by atoms with E-state index in [1.165, 1.54) is 4.90 Å². The first-order valence-corrected chi connectivity index (χ1v) is 15.1. The Morgan fingerprint density at radius 1 is 0.886 bits per heavy atom. The maximum absolute atomic E-state index is 13.3. The van der Waals surface area contributed by atoms with E-state index in [2.05, 4.69) is 38.6 Å². The van der Waals surface area contributed by atoms with E-state index in [1.807, 2.05) is 13.8 Å². The zero-order valence-corrected chi connectivity index (χ0v) is 26.3. The topological polar surface area (TPSA) is 300 Å². The smallest absolute Gasteiger partial charge is 0.251 e. The number of thiol groups is 1. The number of guanidine groups is 2. The van der Waals surface area contributed by atoms with E-state index in [-0.39, 0.29) is 43.8 Å². The molecule has 14 N–H and O–H groups in total. The number of primary amides is 1. The van der Waals surface area contributed by atoms with Gasteiger partial charge in [-0.05, 0) is 50.9 Å². The lowest BCUT2D eigenvalue weighted by Gasteiger charge is -2.29. The molecule has 0 bridgehead atoms. The number of likely N-dealkylation sites (tertiary alicyclic amines) is 1. The van der Waals surface area contributed by atoms with Gasteiger partial charge >= 0.3 is 0 Å². The Balaban J connectivity index is 2.88. The van der Waals surface area contributed by atoms with Crippen LogP contribution < -0.4 is 44.6 Å². The Hall–Kier alpha value is -3.80. The van der Waals surface area contributed by atoms with Gasteiger partial charge in [0, 0.05) is 26.2 Å². The molecular weight excluding hydrogens is 594 g/mol. The fourth-order valence-corrected chi connectivity index (χ4v) is 4.78. The maximum atomic E-state index is 13.3. The van der Waals surface area contributed by atoms with Crippen LogP contribution in [0.4, 0.5) is 0 Å². The first-order chi connectivity index (χ1) is 20.6. The Kier molecular flexibility index (Phi) is 16.9. The second-order valence-electron chi connectivity index (χ2n) is 11.0. The van der Waals surface area contributed by atoms with Crippen LogP contribution in [0.5, 0.6) is 0 Å². The fourth-order valence-electron chi connectivity index (χ4n) is 4.57. The van der Waals surface area contributed by atoms with Crippen LogP contribution in [0.15, 0.2) is 9.98 Å². The Morgan fingerprint density at radius 3 is 2.05 bits per heavy atom. The van der Waals surface area contributed by atoms with Gasteiger partial charge in [0.1, 0.15) is 23.4 Å². The molecule has 1 heterocycles. The van der Waals surface area contributed by atoms with E-state index < -0.39 is 59.0 Å². The molecule has 0 unspecified atom stereocenters. The largest absolute Gasteiger partial charge is 0.382 e. The Morgan fingerprint density at radius 2 is 1.48 bits per heavy atom. The summed E-state index contributed by atoms with van der Waals surface area (Å²) in [5, 5.41) is 16.8. The van der Waals surface area contributed by atoms with Crippen molar-refractivity contribution in [3.8, 4) is 0 Å². The Labute approximate surface area is 263 Å². The van der Waals surface area contributed by atoms with Crippen LogP contribution in [-0.2, 0) is 24.0 Å². The predicted octanol–water partition coefficient (Wildman–Crippen LogP) is -3.64. The molecule has 5 amide bonds. The van der Waals surface area contributed by atoms with Gasteiger partial charge in [-0.1, -0.05) is 13.8 Å². The number of aliphatic hydroxyl groups excluding tert-OH is 1. The highest BCUT2D eigenvalue weighted by atomic mass is 32.1. The maximum Gasteiger partial charge on any atom is 0.251 e. The molecule has 0 aromatic carbocycles. The van der Waals surface area contributed by atoms with Gasteiger partial charge in [-0.2, -0.15) is 12.6 Å². The molecule has 1 rings (SSSR count). The third kappa shape index (κ3) is 13.7. The van der Waals surface area contributed by atoms with Crippen molar-refractivity contribution in [2.45, 2.75) is 88.3 Å². The van der Waals surface area contributed by atoms with E-state index in [1.54, 1.807) is 0 Å². The van der Waals surface area contributed by atoms with Crippen LogP contribution in [0.3, 0.4) is 0 Å². The number of amides is 5. The molecule has 0 aromatic heterocycles. The summed E-state index contributed by atoms with van der Waals surface area (Å²) in [5.74, 6) is -3.70. The molecular formula is C26H49N11O6S. The lowest BCUT2D eigenvalue weighted by molar-refractivity contribution is -0.141. The molecule has 0 aliphatic carbocycles. The number of nitrogens with zero attached hydrogens (tertiary/aromatic N) is 3. The van der Waals surface area contributed by atoms with Gasteiger partial charge in [-0.25, -0.2) is 0 Å². The number of carbonyl (C=O) groups is 5. The molecule has 18 heteroatoms. The summed E-state index contributed by atoms with van der Waals surface area (Å²) in [4.78, 5) is 73.0. The van der Waals surface area contributed by atoms with Crippen molar-refractivity contribution in [3.63, 3.8) is 0 Å². The first kappa shape index (κ1) is 38.2. The van der Waals surface area contributed by atoms with Gasteiger partial charge in [0.05, 0.1) is 0 Å². The molecule has 1 saturated heterocycles. The molecule has 0 saturated carbocycles. The first-order valence-electron chi connectivity index (χ1n) is 14.6. The highest BCUT2D eigenvalue weighted by Crippen LogP contribution is 2.19. The van der Waals surface area contributed by atoms with Gasteiger partial charge in [0.25, 0.3) is 5.91 Å². The number of rotatable bonds is 19. The molecule has 5 atom stereocenters. The normalized spacial score (nSPS) is 17.1. The van der Waals surface area contributed by atoms with E-state index in [9.17, 15) is 29.1 Å². The molecule has 0 radical (unpaired) electrons. The molecule has 1 aliphatic heterocycles. The highest BCUT2D eigenvalue weighted by molar-refractivity contribution is 7.82. The second-order valence-corrected chi connectivity index (χ2v) is 11.5. The van der Waals surface area contributed by atoms with Crippen molar-refractivity contribution >= 4 is 54.1 Å². The molecule has 17 nitrogen and oxygen atoms in total. The van der Waals surface area contributed by atoms with Crippen molar-refractivity contribution in [3.05, 3.63) is 0 Å². The standard InChI is InChI=1S/C26H49N11O6S/c1-14(2)13-16(21(40)32-9-3-4-10-33-25(28)29)36-22(41)18(38)19(44)23(42)35-15(7-5-11-34-26(30)31)24(43)37-12-6-8-17(37)20(27)39/h14-19,38,44H,3-13H2,1-2H3,(H2,27,39)(H,32,40)(H,35,42)(H,36,41)(H4,28,29,33)(H4,30,31,34)/t15-,16+,17-,18-,19+/m0/s1. The SMILES string of the molecule is CC(C)C[C@@H](NC(=O)[C@@H](O)[C@@H](S)C(=O)N[C@@H](CCCN=C(N)N)C(=O)N1CCC[C@H]1C(N)=O)C(=O)NCCCCN=C(N)N. The zero-order chi connectivity index (χ0) is 33.4. The number of aliphatic hydroxyl groups is 1. The van der Waals surface area contributed by atoms with E-state index in [4.69, 9.17) is 28.7 Å². The fraction of sp³-hybridized carbons (Fsp3) is 0.731. The number of nitrogens with two attached hydrogens (primary N) is 5. The van der Waals surface area contributed by atoms with Gasteiger partial charge in [-0.15, -0.1) is 0 Å².